The SMILES string of the molecule is CC(=C[C@H](C)C[C@@H](C)c1ccc(C)cc1C=CC(=O)O)C(=O)N[C@@H](CO)C(=O)O. The van der Waals surface area contributed by atoms with Crippen LogP contribution in [0.4, 0.5) is 0 Å². The van der Waals surface area contributed by atoms with Gasteiger partial charge < -0.3 is 20.6 Å². The number of amides is 1. The van der Waals surface area contributed by atoms with Crippen LogP contribution in [0, 0.1) is 12.8 Å². The van der Waals surface area contributed by atoms with Gasteiger partial charge in [-0.15, -0.1) is 0 Å². The normalized spacial score (nSPS) is 15.0. The first-order valence-electron chi connectivity index (χ1n) is 9.39. The lowest BCUT2D eigenvalue weighted by Crippen LogP contribution is -2.43. The summed E-state index contributed by atoms with van der Waals surface area (Å²) in [6, 6.07) is 4.56. The molecule has 0 unspecified atom stereocenters. The van der Waals surface area contributed by atoms with Crippen molar-refractivity contribution in [2.24, 2.45) is 5.92 Å². The zero-order valence-electron chi connectivity index (χ0n) is 17.2. The monoisotopic (exact) mass is 403 g/mol. The van der Waals surface area contributed by atoms with Crippen LogP contribution in [0.5, 0.6) is 0 Å². The van der Waals surface area contributed by atoms with E-state index in [1.807, 2.05) is 39.0 Å². The maximum Gasteiger partial charge on any atom is 0.328 e. The van der Waals surface area contributed by atoms with Gasteiger partial charge in [0.15, 0.2) is 6.04 Å². The van der Waals surface area contributed by atoms with E-state index < -0.39 is 30.5 Å². The molecule has 0 fully saturated rings. The quantitative estimate of drug-likeness (QED) is 0.445. The van der Waals surface area contributed by atoms with Gasteiger partial charge in [0.05, 0.1) is 6.61 Å². The molecule has 0 aromatic heterocycles. The van der Waals surface area contributed by atoms with Crippen LogP contribution in [0.15, 0.2) is 35.9 Å². The van der Waals surface area contributed by atoms with Crippen molar-refractivity contribution in [2.45, 2.75) is 46.1 Å². The van der Waals surface area contributed by atoms with Crippen LogP contribution in [0.3, 0.4) is 0 Å². The van der Waals surface area contributed by atoms with Gasteiger partial charge in [0.1, 0.15) is 0 Å². The number of aliphatic hydroxyl groups excluding tert-OH is 1. The Balaban J connectivity index is 2.90. The lowest BCUT2D eigenvalue weighted by molar-refractivity contribution is -0.142. The van der Waals surface area contributed by atoms with Gasteiger partial charge in [-0.2, -0.15) is 0 Å². The first kappa shape index (κ1) is 24.1. The fourth-order valence-corrected chi connectivity index (χ4v) is 3.16. The maximum atomic E-state index is 12.1. The predicted molar refractivity (Wildman–Crippen MR) is 110 cm³/mol. The standard InChI is InChI=1S/C22H29NO6/c1-13-5-7-18(17(11-13)6-8-20(25)26)15(3)9-14(2)10-16(4)21(27)23-19(12-24)22(28)29/h5-8,10-11,14-15,19,24H,9,12H2,1-4H3,(H,23,27)(H,25,26)(H,28,29)/t14-,15-,19+/m1/s1. The van der Waals surface area contributed by atoms with Crippen molar-refractivity contribution in [3.8, 4) is 0 Å². The Morgan fingerprint density at radius 1 is 1.17 bits per heavy atom. The Labute approximate surface area is 170 Å². The zero-order chi connectivity index (χ0) is 22.1. The second-order valence-corrected chi connectivity index (χ2v) is 7.31. The molecule has 29 heavy (non-hydrogen) atoms. The molecular weight excluding hydrogens is 374 g/mol. The molecular formula is C22H29NO6. The number of carbonyl (C=O) groups is 3. The molecule has 0 bridgehead atoms. The molecule has 0 aliphatic rings. The first-order chi connectivity index (χ1) is 13.5. The number of aryl methyl sites for hydroxylation is 1. The van der Waals surface area contributed by atoms with E-state index >= 15 is 0 Å². The molecule has 1 aromatic carbocycles. The number of carboxylic acid groups (broad SMARTS) is 2. The van der Waals surface area contributed by atoms with Crippen molar-refractivity contribution in [3.05, 3.63) is 52.6 Å². The van der Waals surface area contributed by atoms with Crippen molar-refractivity contribution < 1.29 is 29.7 Å². The average molecular weight is 403 g/mol. The fraction of sp³-hybridized carbons (Fsp3) is 0.409. The molecule has 0 spiro atoms. The lowest BCUT2D eigenvalue weighted by atomic mass is 9.87. The number of rotatable bonds is 10. The van der Waals surface area contributed by atoms with Crippen LogP contribution in [-0.2, 0) is 14.4 Å². The molecule has 1 amide bonds. The van der Waals surface area contributed by atoms with Gasteiger partial charge in [-0.05, 0) is 49.3 Å². The van der Waals surface area contributed by atoms with Crippen LogP contribution in [0.25, 0.3) is 6.08 Å². The van der Waals surface area contributed by atoms with E-state index in [0.29, 0.717) is 12.0 Å². The molecule has 7 heteroatoms. The van der Waals surface area contributed by atoms with Gasteiger partial charge in [0.25, 0.3) is 0 Å². The summed E-state index contributed by atoms with van der Waals surface area (Å²) in [4.78, 5) is 33.9. The summed E-state index contributed by atoms with van der Waals surface area (Å²) >= 11 is 0. The number of carboxylic acids is 2. The molecule has 0 saturated heterocycles. The summed E-state index contributed by atoms with van der Waals surface area (Å²) < 4.78 is 0. The molecule has 0 radical (unpaired) electrons. The highest BCUT2D eigenvalue weighted by atomic mass is 16.4. The molecule has 3 atom stereocenters. The van der Waals surface area contributed by atoms with Crippen molar-refractivity contribution >= 4 is 23.9 Å². The van der Waals surface area contributed by atoms with Crippen LogP contribution >= 0.6 is 0 Å². The summed E-state index contributed by atoms with van der Waals surface area (Å²) in [6.45, 7) is 6.85. The van der Waals surface area contributed by atoms with Crippen LogP contribution < -0.4 is 5.32 Å². The van der Waals surface area contributed by atoms with Gasteiger partial charge >= 0.3 is 11.9 Å². The molecule has 4 N–H and O–H groups in total. The van der Waals surface area contributed by atoms with E-state index in [-0.39, 0.29) is 11.8 Å². The van der Waals surface area contributed by atoms with E-state index in [0.717, 1.165) is 22.8 Å². The number of aliphatic hydroxyl groups is 1. The molecule has 1 rings (SSSR count). The molecule has 0 aliphatic carbocycles. The first-order valence-corrected chi connectivity index (χ1v) is 9.39. The van der Waals surface area contributed by atoms with Gasteiger partial charge in [0, 0.05) is 11.6 Å². The molecule has 7 nitrogen and oxygen atoms in total. The minimum Gasteiger partial charge on any atom is -0.480 e. The van der Waals surface area contributed by atoms with Crippen molar-refractivity contribution in [2.75, 3.05) is 6.61 Å². The highest BCUT2D eigenvalue weighted by Crippen LogP contribution is 2.29. The second-order valence-electron chi connectivity index (χ2n) is 7.31. The number of hydrogen-bond donors (Lipinski definition) is 4. The smallest absolute Gasteiger partial charge is 0.328 e. The van der Waals surface area contributed by atoms with Gasteiger partial charge in [0.2, 0.25) is 5.91 Å². The topological polar surface area (TPSA) is 124 Å². The summed E-state index contributed by atoms with van der Waals surface area (Å²) in [6.07, 6.45) is 5.18. The number of allylic oxidation sites excluding steroid dienone is 1. The van der Waals surface area contributed by atoms with E-state index in [2.05, 4.69) is 5.32 Å². The Morgan fingerprint density at radius 3 is 2.38 bits per heavy atom. The molecule has 0 saturated carbocycles. The minimum atomic E-state index is -1.34. The number of aliphatic carboxylic acids is 2. The summed E-state index contributed by atoms with van der Waals surface area (Å²) in [5, 5.41) is 29.1. The molecule has 0 aliphatic heterocycles. The maximum absolute atomic E-state index is 12.1. The third kappa shape index (κ3) is 7.91. The van der Waals surface area contributed by atoms with Crippen LogP contribution in [0.1, 0.15) is 49.8 Å². The molecule has 0 heterocycles. The van der Waals surface area contributed by atoms with Crippen molar-refractivity contribution in [3.63, 3.8) is 0 Å². The highest BCUT2D eigenvalue weighted by Gasteiger charge is 2.20. The Bertz CT molecular complexity index is 812. The predicted octanol–water partition coefficient (Wildman–Crippen LogP) is 2.73. The molecule has 158 valence electrons. The second kappa shape index (κ2) is 11.2. The zero-order valence-corrected chi connectivity index (χ0v) is 17.2. The number of benzene rings is 1. The number of carbonyl (C=O) groups excluding carboxylic acids is 1. The molecule has 1 aromatic rings. The number of nitrogens with one attached hydrogen (secondary N) is 1. The van der Waals surface area contributed by atoms with E-state index in [1.165, 1.54) is 0 Å². The third-order valence-corrected chi connectivity index (χ3v) is 4.58. The summed E-state index contributed by atoms with van der Waals surface area (Å²) in [5.74, 6) is -2.71. The Kier molecular flexibility index (Phi) is 9.28. The summed E-state index contributed by atoms with van der Waals surface area (Å²) in [7, 11) is 0. The van der Waals surface area contributed by atoms with E-state index in [1.54, 1.807) is 19.1 Å². The average Bonchev–Trinajstić information content (AvgIpc) is 2.63. The van der Waals surface area contributed by atoms with Gasteiger partial charge in [-0.1, -0.05) is 43.7 Å². The minimum absolute atomic E-state index is 0.0192. The van der Waals surface area contributed by atoms with Crippen LogP contribution in [-0.4, -0.2) is 45.8 Å². The van der Waals surface area contributed by atoms with Gasteiger partial charge in [-0.3, -0.25) is 4.79 Å². The van der Waals surface area contributed by atoms with Crippen molar-refractivity contribution in [1.29, 1.82) is 0 Å². The largest absolute Gasteiger partial charge is 0.480 e. The number of hydrogen-bond acceptors (Lipinski definition) is 4. The Hall–Kier alpha value is -2.93. The fourth-order valence-electron chi connectivity index (χ4n) is 3.16. The summed E-state index contributed by atoms with van der Waals surface area (Å²) in [5.41, 5.74) is 3.27. The lowest BCUT2D eigenvalue weighted by Gasteiger charge is -2.19. The van der Waals surface area contributed by atoms with Crippen molar-refractivity contribution in [1.82, 2.24) is 5.32 Å². The van der Waals surface area contributed by atoms with Crippen LogP contribution in [0.2, 0.25) is 0 Å². The third-order valence-electron chi connectivity index (χ3n) is 4.58. The van der Waals surface area contributed by atoms with Gasteiger partial charge in [-0.25, -0.2) is 9.59 Å². The van der Waals surface area contributed by atoms with E-state index in [9.17, 15) is 14.4 Å². The van der Waals surface area contributed by atoms with E-state index in [4.69, 9.17) is 15.3 Å². The Morgan fingerprint density at radius 2 is 1.83 bits per heavy atom. The highest BCUT2D eigenvalue weighted by molar-refractivity contribution is 5.95.